The van der Waals surface area contributed by atoms with Gasteiger partial charge in [0, 0.05) is 6.42 Å². The molecule has 8 atom stereocenters. The zero-order chi connectivity index (χ0) is 57.5. The third-order valence-electron chi connectivity index (χ3n) is 14.8. The first-order chi connectivity index (χ1) is 38.7. The molecule has 1 saturated heterocycles. The van der Waals surface area contributed by atoms with Crippen LogP contribution in [0.25, 0.3) is 0 Å². The van der Waals surface area contributed by atoms with Crippen LogP contribution < -0.4 is 5.32 Å². The van der Waals surface area contributed by atoms with Gasteiger partial charge in [-0.25, -0.2) is 0 Å². The van der Waals surface area contributed by atoms with Gasteiger partial charge in [-0.15, -0.1) is 0 Å². The molecule has 0 saturated carbocycles. The molecular weight excluding hydrogens is 991 g/mol. The molecule has 8 unspecified atom stereocenters. The molecule has 1 aliphatic rings. The highest BCUT2D eigenvalue weighted by molar-refractivity contribution is 5.80. The number of allylic oxidation sites excluding steroid dienone is 13. The summed E-state index contributed by atoms with van der Waals surface area (Å²) in [6.45, 7) is 5.67. The predicted molar refractivity (Wildman–Crippen MR) is 329 cm³/mol. The predicted octanol–water partition coefficient (Wildman–Crippen LogP) is 15.7. The van der Waals surface area contributed by atoms with Crippen molar-refractivity contribution in [3.05, 3.63) is 85.1 Å². The highest BCUT2D eigenvalue weighted by Gasteiger charge is 2.47. The van der Waals surface area contributed by atoms with E-state index in [2.05, 4.69) is 99.0 Å². The molecule has 1 aliphatic heterocycles. The molecule has 0 spiro atoms. The van der Waals surface area contributed by atoms with Crippen LogP contribution in [-0.4, -0.2) is 99.6 Å². The van der Waals surface area contributed by atoms with Crippen LogP contribution in [0.1, 0.15) is 271 Å². The van der Waals surface area contributed by atoms with Gasteiger partial charge < -0.3 is 45.1 Å². The van der Waals surface area contributed by atoms with Gasteiger partial charge in [0.1, 0.15) is 24.4 Å². The van der Waals surface area contributed by atoms with Gasteiger partial charge >= 0.3 is 5.97 Å². The Morgan fingerprint density at radius 3 is 1.37 bits per heavy atom. The van der Waals surface area contributed by atoms with Crippen LogP contribution in [0, 0.1) is 0 Å². The zero-order valence-electron chi connectivity index (χ0n) is 50.5. The average Bonchev–Trinajstić information content (AvgIpc) is 3.44. The van der Waals surface area contributed by atoms with E-state index < -0.39 is 67.4 Å². The summed E-state index contributed by atoms with van der Waals surface area (Å²) in [5.41, 5.74) is 0. The molecule has 1 rings (SSSR count). The molecule has 0 aliphatic carbocycles. The number of rotatable bonds is 54. The standard InChI is InChI=1S/C68H119NO10/c1-4-7-10-13-16-19-22-24-26-27-28-29-30-31-32-33-34-36-37-40-43-46-49-52-55-61(72)67(76)69-59(60(71)54-51-48-45-42-39-21-18-15-12-9-6-3)58-77-68-66(65(75)64(74)62(57-70)78-68)79-63(73)56-53-50-47-44-41-38-35-25-23-20-17-14-11-8-5-2/h7,10,16,19,24,26,28-29,31-32,34,36,51,54,59-62,64-66,68,70-72,74-75H,4-6,8-9,11-15,17-18,20-23,25,27,30,33,35,37-50,52-53,55-58H2,1-3H3,(H,69,76)/b10-7-,19-16-,26-24-,29-28-,32-31-,36-34-,54-51+. The molecule has 1 fully saturated rings. The van der Waals surface area contributed by atoms with Crippen molar-refractivity contribution >= 4 is 11.9 Å². The quantitative estimate of drug-likeness (QED) is 0.0195. The monoisotopic (exact) mass is 1110 g/mol. The molecular formula is C68H119NO10. The third kappa shape index (κ3) is 43.2. The molecule has 0 aromatic heterocycles. The number of unbranched alkanes of at least 4 members (excludes halogenated alkanes) is 28. The smallest absolute Gasteiger partial charge is 0.306 e. The van der Waals surface area contributed by atoms with Gasteiger partial charge in [-0.05, 0) is 77.0 Å². The summed E-state index contributed by atoms with van der Waals surface area (Å²) in [5, 5.41) is 57.0. The van der Waals surface area contributed by atoms with Crippen LogP contribution in [0.15, 0.2) is 85.1 Å². The molecule has 1 heterocycles. The second kappa shape index (κ2) is 55.4. The number of carbonyl (C=O) groups is 2. The number of aliphatic hydroxyl groups is 5. The van der Waals surface area contributed by atoms with Crippen LogP contribution in [0.3, 0.4) is 0 Å². The molecule has 11 heteroatoms. The van der Waals surface area contributed by atoms with E-state index in [1.807, 2.05) is 6.08 Å². The number of hydrogen-bond acceptors (Lipinski definition) is 10. The number of hydrogen-bond donors (Lipinski definition) is 6. The summed E-state index contributed by atoms with van der Waals surface area (Å²) in [4.78, 5) is 26.6. The Kier molecular flexibility index (Phi) is 51.8. The summed E-state index contributed by atoms with van der Waals surface area (Å²) in [5.74, 6) is -1.21. The lowest BCUT2D eigenvalue weighted by Crippen LogP contribution is -2.61. The topological polar surface area (TPSA) is 175 Å². The SMILES string of the molecule is CC/C=C\C/C=C\C/C=C\C/C=C\C/C=C\C/C=C\CCCCCCCC(O)C(=O)NC(COC1OC(CO)C(O)C(O)C1OC(=O)CCCCCCCCCCCCCCCCC)C(O)/C=C/CCCCCCCCCCC. The lowest BCUT2D eigenvalue weighted by molar-refractivity contribution is -0.305. The van der Waals surface area contributed by atoms with E-state index >= 15 is 0 Å². The van der Waals surface area contributed by atoms with Crippen LogP contribution in [0.2, 0.25) is 0 Å². The van der Waals surface area contributed by atoms with Gasteiger partial charge in [0.05, 0.1) is 25.4 Å². The Bertz CT molecular complexity index is 1610. The van der Waals surface area contributed by atoms with E-state index in [1.165, 1.54) is 116 Å². The Hall–Kier alpha value is -3.16. The van der Waals surface area contributed by atoms with E-state index in [0.717, 1.165) is 109 Å². The number of aliphatic hydroxyl groups excluding tert-OH is 5. The average molecular weight is 1110 g/mol. The van der Waals surface area contributed by atoms with E-state index in [1.54, 1.807) is 6.08 Å². The third-order valence-corrected chi connectivity index (χ3v) is 14.8. The van der Waals surface area contributed by atoms with Gasteiger partial charge in [-0.2, -0.15) is 0 Å². The van der Waals surface area contributed by atoms with Gasteiger partial charge in [-0.1, -0.05) is 273 Å². The van der Waals surface area contributed by atoms with Crippen molar-refractivity contribution in [2.24, 2.45) is 0 Å². The lowest BCUT2D eigenvalue weighted by atomic mass is 9.99. The minimum absolute atomic E-state index is 0.122. The van der Waals surface area contributed by atoms with Crippen molar-refractivity contribution in [1.29, 1.82) is 0 Å². The number of nitrogens with one attached hydrogen (secondary N) is 1. The first kappa shape index (κ1) is 73.9. The lowest BCUT2D eigenvalue weighted by Gasteiger charge is -2.41. The fourth-order valence-corrected chi connectivity index (χ4v) is 9.71. The summed E-state index contributed by atoms with van der Waals surface area (Å²) in [6, 6.07) is -1.03. The van der Waals surface area contributed by atoms with Crippen molar-refractivity contribution in [1.82, 2.24) is 5.32 Å². The number of ether oxygens (including phenoxy) is 3. The molecule has 0 aromatic carbocycles. The van der Waals surface area contributed by atoms with Crippen molar-refractivity contribution < 1.29 is 49.3 Å². The molecule has 1 amide bonds. The molecule has 0 aromatic rings. The Morgan fingerprint density at radius 2 is 0.911 bits per heavy atom. The largest absolute Gasteiger partial charge is 0.454 e. The van der Waals surface area contributed by atoms with Crippen LogP contribution in [0.5, 0.6) is 0 Å². The summed E-state index contributed by atoms with van der Waals surface area (Å²) < 4.78 is 17.6. The van der Waals surface area contributed by atoms with Crippen LogP contribution >= 0.6 is 0 Å². The number of amides is 1. The maximum absolute atomic E-state index is 13.4. The Balaban J connectivity index is 2.64. The molecule has 0 bridgehead atoms. The van der Waals surface area contributed by atoms with Crippen LogP contribution in [-0.2, 0) is 23.8 Å². The van der Waals surface area contributed by atoms with Crippen molar-refractivity contribution in [2.75, 3.05) is 13.2 Å². The highest BCUT2D eigenvalue weighted by atomic mass is 16.7. The zero-order valence-corrected chi connectivity index (χ0v) is 50.5. The highest BCUT2D eigenvalue weighted by Crippen LogP contribution is 2.26. The minimum Gasteiger partial charge on any atom is -0.454 e. The van der Waals surface area contributed by atoms with E-state index in [4.69, 9.17) is 14.2 Å². The summed E-state index contributed by atoms with van der Waals surface area (Å²) >= 11 is 0. The van der Waals surface area contributed by atoms with Gasteiger partial charge in [0.15, 0.2) is 12.4 Å². The van der Waals surface area contributed by atoms with E-state index in [9.17, 15) is 35.1 Å². The van der Waals surface area contributed by atoms with Crippen molar-refractivity contribution in [3.63, 3.8) is 0 Å². The molecule has 79 heavy (non-hydrogen) atoms. The molecule has 11 nitrogen and oxygen atoms in total. The normalized spacial score (nSPS) is 19.4. The maximum atomic E-state index is 13.4. The van der Waals surface area contributed by atoms with E-state index in [0.29, 0.717) is 12.8 Å². The Morgan fingerprint density at radius 1 is 0.506 bits per heavy atom. The fraction of sp³-hybridized carbons (Fsp3) is 0.765. The van der Waals surface area contributed by atoms with Gasteiger partial charge in [0.25, 0.3) is 0 Å². The molecule has 6 N–H and O–H groups in total. The van der Waals surface area contributed by atoms with Gasteiger partial charge in [0.2, 0.25) is 5.91 Å². The summed E-state index contributed by atoms with van der Waals surface area (Å²) in [7, 11) is 0. The molecule has 456 valence electrons. The fourth-order valence-electron chi connectivity index (χ4n) is 9.71. The van der Waals surface area contributed by atoms with Crippen molar-refractivity contribution in [2.45, 2.75) is 320 Å². The molecule has 0 radical (unpaired) electrons. The van der Waals surface area contributed by atoms with Crippen molar-refractivity contribution in [3.8, 4) is 0 Å². The first-order valence-electron chi connectivity index (χ1n) is 32.4. The maximum Gasteiger partial charge on any atom is 0.306 e. The second-order valence-corrected chi connectivity index (χ2v) is 22.1. The number of esters is 1. The van der Waals surface area contributed by atoms with E-state index in [-0.39, 0.29) is 19.4 Å². The summed E-state index contributed by atoms with van der Waals surface area (Å²) in [6.07, 6.45) is 61.9. The number of carbonyl (C=O) groups excluding carboxylic acids is 2. The first-order valence-corrected chi connectivity index (χ1v) is 32.4. The second-order valence-electron chi connectivity index (χ2n) is 22.1. The van der Waals surface area contributed by atoms with Crippen LogP contribution in [0.4, 0.5) is 0 Å². The Labute approximate surface area is 483 Å². The van der Waals surface area contributed by atoms with Gasteiger partial charge in [-0.3, -0.25) is 9.59 Å². The minimum atomic E-state index is -1.62.